The Labute approximate surface area is 186 Å². The average Bonchev–Trinajstić information content (AvgIpc) is 3.55. The molecule has 0 spiro atoms. The second-order valence-corrected chi connectivity index (χ2v) is 10.4. The highest BCUT2D eigenvalue weighted by Gasteiger charge is 2.47. The zero-order chi connectivity index (χ0) is 20.8. The number of imidazole rings is 1. The summed E-state index contributed by atoms with van der Waals surface area (Å²) < 4.78 is 7.96. The first-order chi connectivity index (χ1) is 15.3. The molecule has 2 bridgehead atoms. The SMILES string of the molecule is COc1cccc(C[C@H]2[C@H]3C[C@H](CN(Cc4nccn4C4CC4)C3)[C@@H]3CCCCN32)c1. The van der Waals surface area contributed by atoms with Crippen LogP contribution >= 0.6 is 0 Å². The molecule has 1 aromatic carbocycles. The summed E-state index contributed by atoms with van der Waals surface area (Å²) in [4.78, 5) is 10.4. The van der Waals surface area contributed by atoms with Gasteiger partial charge in [0.15, 0.2) is 0 Å². The van der Waals surface area contributed by atoms with Crippen molar-refractivity contribution >= 4 is 0 Å². The van der Waals surface area contributed by atoms with Crippen molar-refractivity contribution in [2.24, 2.45) is 11.8 Å². The van der Waals surface area contributed by atoms with E-state index >= 15 is 0 Å². The molecule has 4 heterocycles. The maximum atomic E-state index is 5.51. The molecule has 5 nitrogen and oxygen atoms in total. The Hall–Kier alpha value is -1.85. The predicted octanol–water partition coefficient (Wildman–Crippen LogP) is 4.14. The molecule has 1 aromatic heterocycles. The number of piperidine rings is 3. The fourth-order valence-electron chi connectivity index (χ4n) is 6.81. The van der Waals surface area contributed by atoms with Gasteiger partial charge in [0.1, 0.15) is 11.6 Å². The van der Waals surface area contributed by atoms with E-state index in [0.29, 0.717) is 6.04 Å². The normalized spacial score (nSPS) is 31.4. The van der Waals surface area contributed by atoms with Gasteiger partial charge in [0.25, 0.3) is 0 Å². The molecule has 3 saturated heterocycles. The molecule has 6 rings (SSSR count). The van der Waals surface area contributed by atoms with Gasteiger partial charge in [-0.05, 0) is 74.6 Å². The van der Waals surface area contributed by atoms with E-state index in [2.05, 4.69) is 44.8 Å². The molecular formula is C26H36N4O. The van der Waals surface area contributed by atoms with Crippen LogP contribution in [-0.4, -0.2) is 58.2 Å². The first-order valence-corrected chi connectivity index (χ1v) is 12.4. The van der Waals surface area contributed by atoms with Crippen LogP contribution in [0.25, 0.3) is 0 Å². The lowest BCUT2D eigenvalue weighted by molar-refractivity contribution is -0.0735. The number of fused-ring (bicyclic) bond motifs is 4. The predicted molar refractivity (Wildman–Crippen MR) is 122 cm³/mol. The van der Waals surface area contributed by atoms with E-state index in [1.807, 2.05) is 6.20 Å². The molecule has 4 atom stereocenters. The van der Waals surface area contributed by atoms with Crippen LogP contribution in [-0.2, 0) is 13.0 Å². The monoisotopic (exact) mass is 420 g/mol. The Bertz CT molecular complexity index is 906. The minimum atomic E-state index is 0.652. The number of hydrogen-bond donors (Lipinski definition) is 0. The highest BCUT2D eigenvalue weighted by molar-refractivity contribution is 5.29. The topological polar surface area (TPSA) is 33.5 Å². The molecule has 3 aliphatic heterocycles. The summed E-state index contributed by atoms with van der Waals surface area (Å²) in [5.41, 5.74) is 1.42. The molecule has 0 N–H and O–H groups in total. The second kappa shape index (κ2) is 8.25. The van der Waals surface area contributed by atoms with E-state index in [1.165, 1.54) is 69.5 Å². The van der Waals surface area contributed by atoms with Crippen molar-refractivity contribution in [1.29, 1.82) is 0 Å². The van der Waals surface area contributed by atoms with Crippen LogP contribution < -0.4 is 4.74 Å². The minimum absolute atomic E-state index is 0.652. The summed E-state index contributed by atoms with van der Waals surface area (Å²) in [5.74, 6) is 3.85. The van der Waals surface area contributed by atoms with Gasteiger partial charge in [0.2, 0.25) is 0 Å². The van der Waals surface area contributed by atoms with E-state index < -0.39 is 0 Å². The molecule has 0 radical (unpaired) electrons. The van der Waals surface area contributed by atoms with Gasteiger partial charge in [0.05, 0.1) is 13.7 Å². The summed E-state index contributed by atoms with van der Waals surface area (Å²) in [7, 11) is 1.77. The van der Waals surface area contributed by atoms with Crippen molar-refractivity contribution in [3.8, 4) is 5.75 Å². The lowest BCUT2D eigenvalue weighted by Crippen LogP contribution is -2.63. The Kier molecular flexibility index (Phi) is 5.27. The zero-order valence-corrected chi connectivity index (χ0v) is 18.8. The molecule has 4 aliphatic rings. The summed E-state index contributed by atoms with van der Waals surface area (Å²) in [6, 6.07) is 10.9. The summed E-state index contributed by atoms with van der Waals surface area (Å²) in [6.07, 6.45) is 13.6. The van der Waals surface area contributed by atoms with Gasteiger partial charge in [-0.1, -0.05) is 18.6 Å². The largest absolute Gasteiger partial charge is 0.497 e. The van der Waals surface area contributed by atoms with Crippen molar-refractivity contribution in [3.05, 3.63) is 48.0 Å². The van der Waals surface area contributed by atoms with Gasteiger partial charge in [-0.2, -0.15) is 0 Å². The lowest BCUT2D eigenvalue weighted by atomic mass is 9.71. The molecule has 1 saturated carbocycles. The van der Waals surface area contributed by atoms with Crippen molar-refractivity contribution in [3.63, 3.8) is 0 Å². The maximum Gasteiger partial charge on any atom is 0.123 e. The quantitative estimate of drug-likeness (QED) is 0.703. The number of likely N-dealkylation sites (tertiary alicyclic amines) is 1. The summed E-state index contributed by atoms with van der Waals surface area (Å²) in [6.45, 7) is 4.78. The van der Waals surface area contributed by atoms with Crippen LogP contribution in [0.15, 0.2) is 36.7 Å². The molecule has 0 unspecified atom stereocenters. The minimum Gasteiger partial charge on any atom is -0.497 e. The van der Waals surface area contributed by atoms with Gasteiger partial charge in [0, 0.05) is 43.6 Å². The zero-order valence-electron chi connectivity index (χ0n) is 18.8. The van der Waals surface area contributed by atoms with Crippen molar-refractivity contribution in [2.45, 2.75) is 69.6 Å². The van der Waals surface area contributed by atoms with Crippen molar-refractivity contribution < 1.29 is 4.74 Å². The molecule has 2 aromatic rings. The maximum absolute atomic E-state index is 5.51. The van der Waals surface area contributed by atoms with Gasteiger partial charge < -0.3 is 9.30 Å². The van der Waals surface area contributed by atoms with Crippen LogP contribution in [0.2, 0.25) is 0 Å². The highest BCUT2D eigenvalue weighted by Crippen LogP contribution is 2.43. The fourth-order valence-corrected chi connectivity index (χ4v) is 6.81. The van der Waals surface area contributed by atoms with Crippen LogP contribution in [0, 0.1) is 11.8 Å². The van der Waals surface area contributed by atoms with Crippen LogP contribution in [0.1, 0.15) is 56.0 Å². The number of hydrogen-bond acceptors (Lipinski definition) is 4. The van der Waals surface area contributed by atoms with E-state index in [4.69, 9.17) is 9.72 Å². The van der Waals surface area contributed by atoms with Gasteiger partial charge in [-0.3, -0.25) is 9.80 Å². The first kappa shape index (κ1) is 19.8. The van der Waals surface area contributed by atoms with Crippen LogP contribution in [0.4, 0.5) is 0 Å². The number of rotatable bonds is 6. The van der Waals surface area contributed by atoms with Gasteiger partial charge in [-0.25, -0.2) is 4.98 Å². The third-order valence-corrected chi connectivity index (χ3v) is 8.33. The molecule has 31 heavy (non-hydrogen) atoms. The Balaban J connectivity index is 1.23. The second-order valence-electron chi connectivity index (χ2n) is 10.4. The van der Waals surface area contributed by atoms with E-state index in [9.17, 15) is 0 Å². The lowest BCUT2D eigenvalue weighted by Gasteiger charge is -2.57. The van der Waals surface area contributed by atoms with Crippen molar-refractivity contribution in [1.82, 2.24) is 19.4 Å². The molecule has 5 heteroatoms. The summed E-state index contributed by atoms with van der Waals surface area (Å²) in [5, 5.41) is 0. The van der Waals surface area contributed by atoms with E-state index in [1.54, 1.807) is 7.11 Å². The number of methoxy groups -OCH3 is 1. The Morgan fingerprint density at radius 1 is 1.10 bits per heavy atom. The highest BCUT2D eigenvalue weighted by atomic mass is 16.5. The van der Waals surface area contributed by atoms with Crippen LogP contribution in [0.5, 0.6) is 5.75 Å². The number of ether oxygens (including phenoxy) is 1. The molecule has 0 amide bonds. The number of nitrogens with zero attached hydrogens (tertiary/aromatic N) is 4. The first-order valence-electron chi connectivity index (χ1n) is 12.4. The van der Waals surface area contributed by atoms with E-state index in [0.717, 1.165) is 42.6 Å². The van der Waals surface area contributed by atoms with Gasteiger partial charge >= 0.3 is 0 Å². The molecular weight excluding hydrogens is 384 g/mol. The smallest absolute Gasteiger partial charge is 0.123 e. The van der Waals surface area contributed by atoms with E-state index in [-0.39, 0.29) is 0 Å². The fraction of sp³-hybridized carbons (Fsp3) is 0.654. The molecule has 4 fully saturated rings. The Morgan fingerprint density at radius 3 is 2.87 bits per heavy atom. The Morgan fingerprint density at radius 2 is 2.00 bits per heavy atom. The summed E-state index contributed by atoms with van der Waals surface area (Å²) >= 11 is 0. The third-order valence-electron chi connectivity index (χ3n) is 8.33. The third kappa shape index (κ3) is 3.91. The van der Waals surface area contributed by atoms with Gasteiger partial charge in [-0.15, -0.1) is 0 Å². The number of benzene rings is 1. The average molecular weight is 421 g/mol. The standard InChI is InChI=1S/C26H36N4O/c1-31-23-6-4-5-19(13-23)14-25-21-15-20(24-7-2-3-11-30(24)25)16-28(17-21)18-26-27-10-12-29(26)22-8-9-22/h4-6,10,12-13,20-22,24-25H,2-3,7-9,11,14-18H2,1H3/t20-,21+,24+,25+/m1/s1. The van der Waals surface area contributed by atoms with Crippen LogP contribution in [0.3, 0.4) is 0 Å². The molecule has 166 valence electrons. The van der Waals surface area contributed by atoms with Crippen molar-refractivity contribution in [2.75, 3.05) is 26.7 Å². The molecule has 1 aliphatic carbocycles. The number of aromatic nitrogens is 2.